The Labute approximate surface area is 105 Å². The molecule has 0 aliphatic carbocycles. The lowest BCUT2D eigenvalue weighted by atomic mass is 10.1. The van der Waals surface area contributed by atoms with Crippen LogP contribution >= 0.6 is 11.8 Å². The van der Waals surface area contributed by atoms with Crippen LogP contribution in [0.15, 0.2) is 18.2 Å². The van der Waals surface area contributed by atoms with Crippen molar-refractivity contribution in [2.24, 2.45) is 0 Å². The highest BCUT2D eigenvalue weighted by atomic mass is 32.2. The molecule has 1 atom stereocenters. The molecule has 0 saturated carbocycles. The molecule has 1 aromatic carbocycles. The van der Waals surface area contributed by atoms with Gasteiger partial charge in [0.1, 0.15) is 5.82 Å². The number of amides is 1. The Morgan fingerprint density at radius 3 is 2.88 bits per heavy atom. The fourth-order valence-electron chi connectivity index (χ4n) is 2.05. The Hall–Kier alpha value is -1.03. The number of benzene rings is 1. The van der Waals surface area contributed by atoms with Crippen molar-refractivity contribution in [2.45, 2.75) is 19.4 Å². The molecule has 1 fully saturated rings. The Morgan fingerprint density at radius 2 is 2.29 bits per heavy atom. The second-order valence-electron chi connectivity index (χ2n) is 4.39. The topological polar surface area (TPSA) is 20.3 Å². The lowest BCUT2D eigenvalue weighted by Gasteiger charge is -2.24. The first-order chi connectivity index (χ1) is 8.09. The predicted molar refractivity (Wildman–Crippen MR) is 69.0 cm³/mol. The fraction of sp³-hybridized carbons (Fsp3) is 0.462. The van der Waals surface area contributed by atoms with Crippen molar-refractivity contribution in [1.82, 2.24) is 4.90 Å². The summed E-state index contributed by atoms with van der Waals surface area (Å²) in [7, 11) is 1.83. The lowest BCUT2D eigenvalue weighted by molar-refractivity contribution is 0.0747. The minimum atomic E-state index is -0.293. The molecule has 0 N–H and O–H groups in total. The molecular formula is C13H16FNOS. The third-order valence-electron chi connectivity index (χ3n) is 3.19. The van der Waals surface area contributed by atoms with Crippen LogP contribution in [0.25, 0.3) is 0 Å². The van der Waals surface area contributed by atoms with Gasteiger partial charge in [0, 0.05) is 24.4 Å². The van der Waals surface area contributed by atoms with Crippen LogP contribution in [0.2, 0.25) is 0 Å². The standard InChI is InChI=1S/C13H16FNOS/c1-9-7-10(14)3-4-12(9)13(16)15(2)11-5-6-17-8-11/h3-4,7,11H,5-6,8H2,1-2H3. The normalized spacial score (nSPS) is 19.4. The van der Waals surface area contributed by atoms with Crippen molar-refractivity contribution < 1.29 is 9.18 Å². The molecule has 1 unspecified atom stereocenters. The summed E-state index contributed by atoms with van der Waals surface area (Å²) in [5, 5.41) is 0. The lowest BCUT2D eigenvalue weighted by Crippen LogP contribution is -2.37. The number of hydrogen-bond acceptors (Lipinski definition) is 2. The fourth-order valence-corrected chi connectivity index (χ4v) is 3.32. The van der Waals surface area contributed by atoms with E-state index in [1.54, 1.807) is 17.9 Å². The maximum atomic E-state index is 13.0. The van der Waals surface area contributed by atoms with Crippen molar-refractivity contribution in [3.8, 4) is 0 Å². The maximum absolute atomic E-state index is 13.0. The number of thioether (sulfide) groups is 1. The summed E-state index contributed by atoms with van der Waals surface area (Å²) in [6.45, 7) is 1.77. The first kappa shape index (κ1) is 12.4. The molecule has 4 heteroatoms. The van der Waals surface area contributed by atoms with E-state index in [9.17, 15) is 9.18 Å². The summed E-state index contributed by atoms with van der Waals surface area (Å²) >= 11 is 1.88. The highest BCUT2D eigenvalue weighted by molar-refractivity contribution is 7.99. The van der Waals surface area contributed by atoms with Gasteiger partial charge < -0.3 is 4.90 Å². The molecule has 1 saturated heterocycles. The van der Waals surface area contributed by atoms with Gasteiger partial charge in [0.05, 0.1) is 0 Å². The van der Waals surface area contributed by atoms with Crippen molar-refractivity contribution in [3.63, 3.8) is 0 Å². The van der Waals surface area contributed by atoms with Crippen LogP contribution in [0.3, 0.4) is 0 Å². The van der Waals surface area contributed by atoms with Crippen LogP contribution in [0.5, 0.6) is 0 Å². The minimum Gasteiger partial charge on any atom is -0.338 e. The van der Waals surface area contributed by atoms with Gasteiger partial charge in [-0.2, -0.15) is 11.8 Å². The Bertz CT molecular complexity index is 429. The third kappa shape index (κ3) is 2.63. The predicted octanol–water partition coefficient (Wildman–Crippen LogP) is 2.71. The van der Waals surface area contributed by atoms with Gasteiger partial charge in [-0.15, -0.1) is 0 Å². The Kier molecular flexibility index (Phi) is 3.72. The van der Waals surface area contributed by atoms with Gasteiger partial charge >= 0.3 is 0 Å². The molecular weight excluding hydrogens is 237 g/mol. The summed E-state index contributed by atoms with van der Waals surface area (Å²) in [5.74, 6) is 1.82. The zero-order chi connectivity index (χ0) is 12.4. The van der Waals surface area contributed by atoms with E-state index in [1.165, 1.54) is 12.1 Å². The smallest absolute Gasteiger partial charge is 0.254 e. The van der Waals surface area contributed by atoms with Gasteiger partial charge in [0.25, 0.3) is 5.91 Å². The number of carbonyl (C=O) groups is 1. The molecule has 0 radical (unpaired) electrons. The third-order valence-corrected chi connectivity index (χ3v) is 4.34. The van der Waals surface area contributed by atoms with E-state index in [4.69, 9.17) is 0 Å². The minimum absolute atomic E-state index is 0.00463. The molecule has 0 aromatic heterocycles. The molecule has 1 amide bonds. The van der Waals surface area contributed by atoms with E-state index in [0.29, 0.717) is 17.2 Å². The summed E-state index contributed by atoms with van der Waals surface area (Å²) in [6.07, 6.45) is 1.05. The Balaban J connectivity index is 2.18. The van der Waals surface area contributed by atoms with Gasteiger partial charge in [-0.3, -0.25) is 4.79 Å². The van der Waals surface area contributed by atoms with Gasteiger partial charge in [-0.1, -0.05) is 0 Å². The summed E-state index contributed by atoms with van der Waals surface area (Å²) in [4.78, 5) is 14.0. The van der Waals surface area contributed by atoms with Crippen molar-refractivity contribution in [1.29, 1.82) is 0 Å². The van der Waals surface area contributed by atoms with Crippen LogP contribution < -0.4 is 0 Å². The molecule has 1 heterocycles. The largest absolute Gasteiger partial charge is 0.338 e. The molecule has 2 nitrogen and oxygen atoms in total. The highest BCUT2D eigenvalue weighted by Gasteiger charge is 2.25. The second-order valence-corrected chi connectivity index (χ2v) is 5.54. The average Bonchev–Trinajstić information content (AvgIpc) is 2.80. The van der Waals surface area contributed by atoms with Crippen molar-refractivity contribution >= 4 is 17.7 Å². The van der Waals surface area contributed by atoms with Gasteiger partial charge in [-0.05, 0) is 42.9 Å². The van der Waals surface area contributed by atoms with E-state index in [-0.39, 0.29) is 11.7 Å². The molecule has 0 bridgehead atoms. The molecule has 17 heavy (non-hydrogen) atoms. The van der Waals surface area contributed by atoms with E-state index in [1.807, 2.05) is 18.8 Å². The number of hydrogen-bond donors (Lipinski definition) is 0. The monoisotopic (exact) mass is 253 g/mol. The van der Waals surface area contributed by atoms with E-state index < -0.39 is 0 Å². The highest BCUT2D eigenvalue weighted by Crippen LogP contribution is 2.23. The van der Waals surface area contributed by atoms with E-state index in [2.05, 4.69) is 0 Å². The second kappa shape index (κ2) is 5.08. The van der Waals surface area contributed by atoms with Crippen LogP contribution in [-0.4, -0.2) is 35.4 Å². The zero-order valence-electron chi connectivity index (χ0n) is 10.1. The first-order valence-electron chi connectivity index (χ1n) is 5.70. The molecule has 1 aromatic rings. The van der Waals surface area contributed by atoms with Crippen molar-refractivity contribution in [2.75, 3.05) is 18.6 Å². The molecule has 1 aliphatic heterocycles. The SMILES string of the molecule is Cc1cc(F)ccc1C(=O)N(C)C1CCSC1. The van der Waals surface area contributed by atoms with Crippen LogP contribution in [-0.2, 0) is 0 Å². The zero-order valence-corrected chi connectivity index (χ0v) is 10.9. The number of halogens is 1. The van der Waals surface area contributed by atoms with Crippen LogP contribution in [0.1, 0.15) is 22.3 Å². The van der Waals surface area contributed by atoms with Gasteiger partial charge in [0.2, 0.25) is 0 Å². The molecule has 2 rings (SSSR count). The van der Waals surface area contributed by atoms with Crippen LogP contribution in [0.4, 0.5) is 4.39 Å². The number of carbonyl (C=O) groups excluding carboxylic acids is 1. The quantitative estimate of drug-likeness (QED) is 0.807. The van der Waals surface area contributed by atoms with E-state index >= 15 is 0 Å². The van der Waals surface area contributed by atoms with Crippen molar-refractivity contribution in [3.05, 3.63) is 35.1 Å². The van der Waals surface area contributed by atoms with Gasteiger partial charge in [-0.25, -0.2) is 4.39 Å². The number of aryl methyl sites for hydroxylation is 1. The number of rotatable bonds is 2. The molecule has 1 aliphatic rings. The Morgan fingerprint density at radius 1 is 1.53 bits per heavy atom. The summed E-state index contributed by atoms with van der Waals surface area (Å²) in [6, 6.07) is 4.64. The van der Waals surface area contributed by atoms with E-state index in [0.717, 1.165) is 17.9 Å². The average molecular weight is 253 g/mol. The summed E-state index contributed by atoms with van der Waals surface area (Å²) in [5.41, 5.74) is 1.30. The number of nitrogens with zero attached hydrogens (tertiary/aromatic N) is 1. The summed E-state index contributed by atoms with van der Waals surface area (Å²) < 4.78 is 13.0. The molecule has 92 valence electrons. The molecule has 0 spiro atoms. The van der Waals surface area contributed by atoms with Gasteiger partial charge in [0.15, 0.2) is 0 Å². The maximum Gasteiger partial charge on any atom is 0.254 e. The first-order valence-corrected chi connectivity index (χ1v) is 6.86. The van der Waals surface area contributed by atoms with Crippen LogP contribution in [0, 0.1) is 12.7 Å².